The van der Waals surface area contributed by atoms with Crippen molar-refractivity contribution in [3.8, 4) is 0 Å². The topological polar surface area (TPSA) is 3.24 Å². The molecule has 0 aromatic heterocycles. The van der Waals surface area contributed by atoms with Gasteiger partial charge in [-0.25, -0.2) is 0 Å². The van der Waals surface area contributed by atoms with Crippen LogP contribution >= 0.6 is 0 Å². The summed E-state index contributed by atoms with van der Waals surface area (Å²) >= 11 is 0. The highest BCUT2D eigenvalue weighted by atomic mass is 15.1. The second-order valence-electron chi connectivity index (χ2n) is 5.02. The minimum Gasteiger partial charge on any atom is -0.378 e. The first kappa shape index (κ1) is 9.63. The van der Waals surface area contributed by atoms with E-state index in [9.17, 15) is 0 Å². The van der Waals surface area contributed by atoms with Gasteiger partial charge >= 0.3 is 0 Å². The van der Waals surface area contributed by atoms with Crippen LogP contribution in [0.1, 0.15) is 33.6 Å². The second-order valence-corrected chi connectivity index (χ2v) is 5.02. The van der Waals surface area contributed by atoms with Gasteiger partial charge in [-0.05, 0) is 18.8 Å². The van der Waals surface area contributed by atoms with Crippen LogP contribution in [0.2, 0.25) is 0 Å². The molecule has 0 heterocycles. The lowest BCUT2D eigenvalue weighted by molar-refractivity contribution is 0.303. The van der Waals surface area contributed by atoms with Crippen molar-refractivity contribution in [1.82, 2.24) is 4.90 Å². The first-order valence-electron chi connectivity index (χ1n) is 4.82. The van der Waals surface area contributed by atoms with Crippen molar-refractivity contribution in [2.45, 2.75) is 33.6 Å². The number of hydrogen-bond donors (Lipinski definition) is 0. The minimum absolute atomic E-state index is 0.226. The molecule has 1 saturated carbocycles. The summed E-state index contributed by atoms with van der Waals surface area (Å²) in [6.45, 7) is 12.0. The normalized spacial score (nSPS) is 17.7. The molecule has 0 radical (unpaired) electrons. The first-order valence-corrected chi connectivity index (χ1v) is 4.82. The molecule has 0 aliphatic heterocycles. The molecule has 0 aromatic rings. The summed E-state index contributed by atoms with van der Waals surface area (Å²) in [5, 5.41) is 0. The molecule has 0 atom stereocenters. The number of allylic oxidation sites excluding steroid dienone is 1. The highest BCUT2D eigenvalue weighted by Gasteiger charge is 2.26. The fourth-order valence-electron chi connectivity index (χ4n) is 1.37. The van der Waals surface area contributed by atoms with Crippen LogP contribution in [-0.2, 0) is 0 Å². The standard InChI is InChI=1S/C11H21N/c1-9(11(2,3)4)12(5)8-10-6-7-10/h10H,1,6-8H2,2-5H3. The number of nitrogens with zero attached hydrogens (tertiary/aromatic N) is 1. The Morgan fingerprint density at radius 3 is 2.25 bits per heavy atom. The molecule has 0 aromatic carbocycles. The van der Waals surface area contributed by atoms with Crippen LogP contribution < -0.4 is 0 Å². The van der Waals surface area contributed by atoms with Crippen LogP contribution in [-0.4, -0.2) is 18.5 Å². The molecule has 0 spiro atoms. The van der Waals surface area contributed by atoms with Gasteiger partial charge in [-0.2, -0.15) is 0 Å². The van der Waals surface area contributed by atoms with Crippen LogP contribution in [0.15, 0.2) is 12.3 Å². The van der Waals surface area contributed by atoms with Gasteiger partial charge in [0.05, 0.1) is 0 Å². The molecule has 0 unspecified atom stereocenters. The predicted octanol–water partition coefficient (Wildman–Crippen LogP) is 2.89. The Labute approximate surface area is 76.5 Å². The minimum atomic E-state index is 0.226. The van der Waals surface area contributed by atoms with E-state index in [1.807, 2.05) is 0 Å². The zero-order valence-electron chi connectivity index (χ0n) is 8.85. The van der Waals surface area contributed by atoms with Gasteiger partial charge in [0.1, 0.15) is 0 Å². The average molecular weight is 167 g/mol. The van der Waals surface area contributed by atoms with Crippen LogP contribution in [0.4, 0.5) is 0 Å². The highest BCUT2D eigenvalue weighted by molar-refractivity contribution is 5.04. The summed E-state index contributed by atoms with van der Waals surface area (Å²) in [5.74, 6) is 0.953. The van der Waals surface area contributed by atoms with E-state index in [0.717, 1.165) is 5.92 Å². The molecule has 0 N–H and O–H groups in total. The summed E-state index contributed by atoms with van der Waals surface area (Å²) in [6.07, 6.45) is 2.84. The van der Waals surface area contributed by atoms with Crippen LogP contribution in [0.25, 0.3) is 0 Å². The molecule has 1 heteroatoms. The predicted molar refractivity (Wildman–Crippen MR) is 53.9 cm³/mol. The van der Waals surface area contributed by atoms with E-state index in [4.69, 9.17) is 0 Å². The van der Waals surface area contributed by atoms with Crippen LogP contribution in [0.5, 0.6) is 0 Å². The molecule has 1 fully saturated rings. The second kappa shape index (κ2) is 3.12. The molecule has 1 rings (SSSR count). The lowest BCUT2D eigenvalue weighted by atomic mass is 9.92. The lowest BCUT2D eigenvalue weighted by Crippen LogP contribution is -2.27. The Bertz CT molecular complexity index is 172. The molecule has 1 aliphatic rings. The molecule has 12 heavy (non-hydrogen) atoms. The molecule has 0 bridgehead atoms. The zero-order chi connectivity index (χ0) is 9.35. The van der Waals surface area contributed by atoms with E-state index in [0.29, 0.717) is 0 Å². The summed E-state index contributed by atoms with van der Waals surface area (Å²) < 4.78 is 0. The van der Waals surface area contributed by atoms with Gasteiger partial charge in [0.15, 0.2) is 0 Å². The third-order valence-corrected chi connectivity index (χ3v) is 2.56. The monoisotopic (exact) mass is 167 g/mol. The molecule has 1 aliphatic carbocycles. The van der Waals surface area contributed by atoms with Crippen molar-refractivity contribution in [2.24, 2.45) is 11.3 Å². The van der Waals surface area contributed by atoms with Gasteiger partial charge in [-0.15, -0.1) is 0 Å². The van der Waals surface area contributed by atoms with Gasteiger partial charge in [0, 0.05) is 24.7 Å². The summed E-state index contributed by atoms with van der Waals surface area (Å²) in [6, 6.07) is 0. The van der Waals surface area contributed by atoms with Crippen molar-refractivity contribution < 1.29 is 0 Å². The molecular formula is C11H21N. The Hall–Kier alpha value is -0.460. The summed E-state index contributed by atoms with van der Waals surface area (Å²) in [7, 11) is 2.16. The van der Waals surface area contributed by atoms with Crippen molar-refractivity contribution in [2.75, 3.05) is 13.6 Å². The summed E-state index contributed by atoms with van der Waals surface area (Å²) in [4.78, 5) is 2.32. The van der Waals surface area contributed by atoms with Crippen LogP contribution in [0, 0.1) is 11.3 Å². The van der Waals surface area contributed by atoms with E-state index in [1.54, 1.807) is 0 Å². The van der Waals surface area contributed by atoms with Gasteiger partial charge in [-0.3, -0.25) is 0 Å². The maximum atomic E-state index is 4.13. The Morgan fingerprint density at radius 1 is 1.42 bits per heavy atom. The molecule has 0 saturated heterocycles. The van der Waals surface area contributed by atoms with E-state index < -0.39 is 0 Å². The van der Waals surface area contributed by atoms with Crippen LogP contribution in [0.3, 0.4) is 0 Å². The zero-order valence-corrected chi connectivity index (χ0v) is 8.85. The van der Waals surface area contributed by atoms with E-state index >= 15 is 0 Å². The molecule has 70 valence electrons. The largest absolute Gasteiger partial charge is 0.378 e. The van der Waals surface area contributed by atoms with Crippen molar-refractivity contribution >= 4 is 0 Å². The van der Waals surface area contributed by atoms with Crippen molar-refractivity contribution in [1.29, 1.82) is 0 Å². The van der Waals surface area contributed by atoms with Gasteiger partial charge in [0.25, 0.3) is 0 Å². The third kappa shape index (κ3) is 2.54. The number of rotatable bonds is 3. The maximum Gasteiger partial charge on any atom is 0.0200 e. The fraction of sp³-hybridized carbons (Fsp3) is 0.818. The molecule has 0 amide bonds. The summed E-state index contributed by atoms with van der Waals surface area (Å²) in [5.41, 5.74) is 1.48. The SMILES string of the molecule is C=C(N(C)CC1CC1)C(C)(C)C. The Kier molecular flexibility index (Phi) is 2.50. The van der Waals surface area contributed by atoms with E-state index in [2.05, 4.69) is 39.3 Å². The number of hydrogen-bond acceptors (Lipinski definition) is 1. The quantitative estimate of drug-likeness (QED) is 0.624. The lowest BCUT2D eigenvalue weighted by Gasteiger charge is -2.31. The van der Waals surface area contributed by atoms with Crippen molar-refractivity contribution in [3.05, 3.63) is 12.3 Å². The average Bonchev–Trinajstić information content (AvgIpc) is 2.68. The van der Waals surface area contributed by atoms with Gasteiger partial charge in [0.2, 0.25) is 0 Å². The third-order valence-electron chi connectivity index (χ3n) is 2.56. The molecule has 1 nitrogen and oxygen atoms in total. The Morgan fingerprint density at radius 2 is 1.92 bits per heavy atom. The maximum absolute atomic E-state index is 4.13. The highest BCUT2D eigenvalue weighted by Crippen LogP contribution is 2.33. The fourth-order valence-corrected chi connectivity index (χ4v) is 1.37. The first-order chi connectivity index (χ1) is 5.41. The van der Waals surface area contributed by atoms with E-state index in [1.165, 1.54) is 25.1 Å². The Balaban J connectivity index is 2.39. The van der Waals surface area contributed by atoms with Gasteiger partial charge in [-0.1, -0.05) is 27.4 Å². The van der Waals surface area contributed by atoms with Gasteiger partial charge < -0.3 is 4.90 Å². The smallest absolute Gasteiger partial charge is 0.0200 e. The van der Waals surface area contributed by atoms with Crippen molar-refractivity contribution in [3.63, 3.8) is 0 Å². The molecular weight excluding hydrogens is 146 g/mol. The van der Waals surface area contributed by atoms with E-state index in [-0.39, 0.29) is 5.41 Å².